The van der Waals surface area contributed by atoms with Crippen LogP contribution in [0.4, 0.5) is 0 Å². The summed E-state index contributed by atoms with van der Waals surface area (Å²) < 4.78 is 5.97. The number of ether oxygens (including phenoxy) is 1. The first-order chi connectivity index (χ1) is 9.13. The van der Waals surface area contributed by atoms with Crippen LogP contribution < -0.4 is 5.32 Å². The maximum absolute atomic E-state index is 6.06. The molecule has 1 heterocycles. The van der Waals surface area contributed by atoms with Crippen molar-refractivity contribution in [1.29, 1.82) is 0 Å². The van der Waals surface area contributed by atoms with E-state index in [9.17, 15) is 0 Å². The molecule has 1 aromatic carbocycles. The molecular formula is C15H23ClN2O. The first-order valence-electron chi connectivity index (χ1n) is 6.92. The summed E-state index contributed by atoms with van der Waals surface area (Å²) in [5.74, 6) is 0. The molecule has 0 aromatic heterocycles. The van der Waals surface area contributed by atoms with E-state index in [1.165, 1.54) is 11.1 Å². The average Bonchev–Trinajstić information content (AvgIpc) is 2.37. The smallest absolute Gasteiger partial charge is 0.0896 e. The van der Waals surface area contributed by atoms with Gasteiger partial charge in [-0.05, 0) is 43.8 Å². The predicted molar refractivity (Wildman–Crippen MR) is 79.8 cm³/mol. The summed E-state index contributed by atoms with van der Waals surface area (Å²) in [6.07, 6.45) is 0.193. The molecule has 1 N–H and O–H groups in total. The lowest BCUT2D eigenvalue weighted by molar-refractivity contribution is -0.0613. The average molecular weight is 283 g/mol. The van der Waals surface area contributed by atoms with Crippen molar-refractivity contribution in [2.45, 2.75) is 26.0 Å². The van der Waals surface area contributed by atoms with E-state index in [4.69, 9.17) is 16.3 Å². The van der Waals surface area contributed by atoms with E-state index in [1.807, 2.05) is 12.1 Å². The lowest BCUT2D eigenvalue weighted by Crippen LogP contribution is -2.47. The van der Waals surface area contributed by atoms with Gasteiger partial charge in [-0.25, -0.2) is 0 Å². The van der Waals surface area contributed by atoms with Gasteiger partial charge in [0.15, 0.2) is 0 Å². The quantitative estimate of drug-likeness (QED) is 0.919. The highest BCUT2D eigenvalue weighted by atomic mass is 35.5. The van der Waals surface area contributed by atoms with Crippen LogP contribution in [0.5, 0.6) is 0 Å². The highest BCUT2D eigenvalue weighted by Gasteiger charge is 2.31. The van der Waals surface area contributed by atoms with Gasteiger partial charge < -0.3 is 10.1 Å². The molecule has 2 rings (SSSR count). The SMILES string of the molecule is CCNCC1OCCN(C)C1c1ccc(Cl)cc1C. The summed E-state index contributed by atoms with van der Waals surface area (Å²) in [6, 6.07) is 6.43. The number of morpholine rings is 1. The van der Waals surface area contributed by atoms with Gasteiger partial charge in [-0.3, -0.25) is 4.90 Å². The molecule has 0 saturated carbocycles. The second-order valence-corrected chi connectivity index (χ2v) is 5.58. The van der Waals surface area contributed by atoms with Gasteiger partial charge in [0, 0.05) is 18.1 Å². The minimum absolute atomic E-state index is 0.193. The van der Waals surface area contributed by atoms with Crippen molar-refractivity contribution in [3.05, 3.63) is 34.3 Å². The molecule has 2 unspecified atom stereocenters. The number of hydrogen-bond donors (Lipinski definition) is 1. The summed E-state index contributed by atoms with van der Waals surface area (Å²) in [4.78, 5) is 2.38. The number of halogens is 1. The first kappa shape index (κ1) is 14.8. The van der Waals surface area contributed by atoms with Gasteiger partial charge in [-0.15, -0.1) is 0 Å². The Morgan fingerprint density at radius 1 is 1.47 bits per heavy atom. The normalized spacial score (nSPS) is 24.6. The fraction of sp³-hybridized carbons (Fsp3) is 0.600. The molecule has 2 atom stereocenters. The maximum Gasteiger partial charge on any atom is 0.0896 e. The van der Waals surface area contributed by atoms with Crippen molar-refractivity contribution in [3.8, 4) is 0 Å². The summed E-state index contributed by atoms with van der Waals surface area (Å²) in [5.41, 5.74) is 2.55. The number of nitrogens with zero attached hydrogens (tertiary/aromatic N) is 1. The number of rotatable bonds is 4. The summed E-state index contributed by atoms with van der Waals surface area (Å²) in [7, 11) is 2.17. The highest BCUT2D eigenvalue weighted by molar-refractivity contribution is 6.30. The number of nitrogens with one attached hydrogen (secondary N) is 1. The van der Waals surface area contributed by atoms with Gasteiger partial charge in [0.05, 0.1) is 18.8 Å². The molecular weight excluding hydrogens is 260 g/mol. The Bertz CT molecular complexity index is 425. The zero-order valence-electron chi connectivity index (χ0n) is 11.9. The molecule has 1 aromatic rings. The fourth-order valence-corrected chi connectivity index (χ4v) is 2.95. The molecule has 1 fully saturated rings. The van der Waals surface area contributed by atoms with E-state index < -0.39 is 0 Å². The van der Waals surface area contributed by atoms with E-state index in [1.54, 1.807) is 0 Å². The number of benzene rings is 1. The van der Waals surface area contributed by atoms with Crippen LogP contribution in [-0.4, -0.2) is 44.3 Å². The molecule has 0 bridgehead atoms. The van der Waals surface area contributed by atoms with Crippen molar-refractivity contribution in [1.82, 2.24) is 10.2 Å². The molecule has 3 nitrogen and oxygen atoms in total. The van der Waals surface area contributed by atoms with Gasteiger partial charge in [0.2, 0.25) is 0 Å². The van der Waals surface area contributed by atoms with E-state index in [0.717, 1.165) is 31.3 Å². The largest absolute Gasteiger partial charge is 0.374 e. The van der Waals surface area contributed by atoms with Crippen molar-refractivity contribution < 1.29 is 4.74 Å². The lowest BCUT2D eigenvalue weighted by atomic mass is 9.94. The first-order valence-corrected chi connectivity index (χ1v) is 7.30. The number of likely N-dealkylation sites (N-methyl/N-ethyl adjacent to an activating group) is 2. The second-order valence-electron chi connectivity index (χ2n) is 5.14. The third-order valence-electron chi connectivity index (χ3n) is 3.75. The van der Waals surface area contributed by atoms with Gasteiger partial charge in [0.1, 0.15) is 0 Å². The van der Waals surface area contributed by atoms with Crippen LogP contribution in [0.2, 0.25) is 5.02 Å². The number of hydrogen-bond acceptors (Lipinski definition) is 3. The fourth-order valence-electron chi connectivity index (χ4n) is 2.73. The summed E-state index contributed by atoms with van der Waals surface area (Å²) >= 11 is 6.06. The zero-order valence-corrected chi connectivity index (χ0v) is 12.7. The number of aryl methyl sites for hydroxylation is 1. The molecule has 0 radical (unpaired) electrons. The molecule has 1 saturated heterocycles. The summed E-state index contributed by atoms with van der Waals surface area (Å²) in [6.45, 7) is 7.86. The standard InChI is InChI=1S/C15H23ClN2O/c1-4-17-10-14-15(18(3)7-8-19-14)13-6-5-12(16)9-11(13)2/h5-6,9,14-15,17H,4,7-8,10H2,1-3H3. The van der Waals surface area contributed by atoms with E-state index in [0.29, 0.717) is 6.04 Å². The Balaban J connectivity index is 2.25. The monoisotopic (exact) mass is 282 g/mol. The third-order valence-corrected chi connectivity index (χ3v) is 3.98. The van der Waals surface area contributed by atoms with Crippen molar-refractivity contribution in [2.75, 3.05) is 33.3 Å². The van der Waals surface area contributed by atoms with Crippen LogP contribution in [0.3, 0.4) is 0 Å². The third kappa shape index (κ3) is 3.48. The lowest BCUT2D eigenvalue weighted by Gasteiger charge is -2.40. The molecule has 0 aliphatic carbocycles. The van der Waals surface area contributed by atoms with Crippen LogP contribution in [0.15, 0.2) is 18.2 Å². The molecule has 106 valence electrons. The Labute approximate surface area is 120 Å². The van der Waals surface area contributed by atoms with E-state index in [2.05, 4.69) is 37.2 Å². The van der Waals surface area contributed by atoms with Gasteiger partial charge in [-0.2, -0.15) is 0 Å². The van der Waals surface area contributed by atoms with Crippen LogP contribution >= 0.6 is 11.6 Å². The van der Waals surface area contributed by atoms with Crippen LogP contribution in [-0.2, 0) is 4.74 Å². The topological polar surface area (TPSA) is 24.5 Å². The molecule has 19 heavy (non-hydrogen) atoms. The van der Waals surface area contributed by atoms with E-state index >= 15 is 0 Å². The Kier molecular flexibility index (Phi) is 5.22. The molecule has 1 aliphatic rings. The molecule has 1 aliphatic heterocycles. The van der Waals surface area contributed by atoms with Crippen molar-refractivity contribution >= 4 is 11.6 Å². The molecule has 0 spiro atoms. The maximum atomic E-state index is 6.06. The van der Waals surface area contributed by atoms with Gasteiger partial charge in [-0.1, -0.05) is 24.6 Å². The van der Waals surface area contributed by atoms with Crippen molar-refractivity contribution in [3.63, 3.8) is 0 Å². The van der Waals surface area contributed by atoms with Gasteiger partial charge in [0.25, 0.3) is 0 Å². The zero-order chi connectivity index (χ0) is 13.8. The predicted octanol–water partition coefficient (Wildman–Crippen LogP) is 2.63. The second kappa shape index (κ2) is 6.71. The van der Waals surface area contributed by atoms with E-state index in [-0.39, 0.29) is 6.10 Å². The van der Waals surface area contributed by atoms with Crippen LogP contribution in [0, 0.1) is 6.92 Å². The highest BCUT2D eigenvalue weighted by Crippen LogP contribution is 2.31. The Morgan fingerprint density at radius 3 is 2.95 bits per heavy atom. The Hall–Kier alpha value is -0.610. The Morgan fingerprint density at radius 2 is 2.26 bits per heavy atom. The minimum atomic E-state index is 0.193. The van der Waals surface area contributed by atoms with Crippen LogP contribution in [0.25, 0.3) is 0 Å². The van der Waals surface area contributed by atoms with Crippen molar-refractivity contribution in [2.24, 2.45) is 0 Å². The van der Waals surface area contributed by atoms with Crippen LogP contribution in [0.1, 0.15) is 24.1 Å². The summed E-state index contributed by atoms with van der Waals surface area (Å²) in [5, 5.41) is 4.19. The minimum Gasteiger partial charge on any atom is -0.374 e. The molecule has 0 amide bonds. The van der Waals surface area contributed by atoms with Gasteiger partial charge >= 0.3 is 0 Å². The molecule has 4 heteroatoms.